The first-order valence-corrected chi connectivity index (χ1v) is 7.45. The number of aromatic hydroxyl groups is 3. The average molecular weight is 342 g/mol. The van der Waals surface area contributed by atoms with Crippen LogP contribution in [0.1, 0.15) is 0 Å². The summed E-state index contributed by atoms with van der Waals surface area (Å²) in [6.07, 6.45) is 0. The van der Waals surface area contributed by atoms with Crippen LogP contribution in [0.2, 0.25) is 0 Å². The monoisotopic (exact) mass is 342 g/mol. The van der Waals surface area contributed by atoms with Gasteiger partial charge in [0.2, 0.25) is 0 Å². The second kappa shape index (κ2) is 11.2. The molecule has 0 aliphatic carbocycles. The van der Waals surface area contributed by atoms with Gasteiger partial charge in [0.25, 0.3) is 0 Å². The zero-order valence-corrected chi connectivity index (χ0v) is 14.2. The van der Waals surface area contributed by atoms with Gasteiger partial charge in [-0.2, -0.15) is 0 Å². The molecular weight excluding hydrogens is 320 g/mol. The van der Waals surface area contributed by atoms with Crippen LogP contribution in [0.25, 0.3) is 0 Å². The molecule has 0 atom stereocenters. The van der Waals surface area contributed by atoms with Gasteiger partial charge in [-0.15, -0.1) is 0 Å². The molecule has 0 bridgehead atoms. The van der Waals surface area contributed by atoms with Gasteiger partial charge in [0, 0.05) is 6.07 Å². The molecule has 5 nitrogen and oxygen atoms in total. The fourth-order valence-electron chi connectivity index (χ4n) is 1.67. The molecule has 0 amide bonds. The second-order valence-electron chi connectivity index (χ2n) is 4.71. The van der Waals surface area contributed by atoms with Crippen LogP contribution in [0, 0.1) is 0 Å². The fraction of sp³-hybridized carbons (Fsp3) is 0.100. The Kier molecular flexibility index (Phi) is 8.86. The summed E-state index contributed by atoms with van der Waals surface area (Å²) in [6, 6.07) is 22.2. The molecule has 3 rings (SSSR count). The zero-order valence-electron chi connectivity index (χ0n) is 14.2. The van der Waals surface area contributed by atoms with Gasteiger partial charge in [-0.25, -0.2) is 0 Å². The molecule has 132 valence electrons. The van der Waals surface area contributed by atoms with Crippen molar-refractivity contribution in [3.8, 4) is 28.7 Å². The van der Waals surface area contributed by atoms with E-state index in [-0.39, 0.29) is 11.5 Å². The lowest BCUT2D eigenvalue weighted by Crippen LogP contribution is -1.80. The Morgan fingerprint density at radius 1 is 0.600 bits per heavy atom. The van der Waals surface area contributed by atoms with Crippen molar-refractivity contribution >= 4 is 0 Å². The van der Waals surface area contributed by atoms with E-state index in [9.17, 15) is 0 Å². The maximum atomic E-state index is 8.99. The van der Waals surface area contributed by atoms with E-state index in [1.165, 1.54) is 7.11 Å². The molecule has 0 unspecified atom stereocenters. The summed E-state index contributed by atoms with van der Waals surface area (Å²) in [5, 5.41) is 26.5. The predicted molar refractivity (Wildman–Crippen MR) is 97.4 cm³/mol. The van der Waals surface area contributed by atoms with Gasteiger partial charge in [0.1, 0.15) is 17.2 Å². The Hall–Kier alpha value is -3.34. The summed E-state index contributed by atoms with van der Waals surface area (Å²) in [5.41, 5.74) is 0. The molecule has 3 N–H and O–H groups in total. The Morgan fingerprint density at radius 2 is 1.20 bits per heavy atom. The number of rotatable bonds is 2. The number of ether oxygens (including phenoxy) is 2. The zero-order chi connectivity index (χ0) is 18.5. The molecule has 0 saturated carbocycles. The Labute approximate surface area is 147 Å². The van der Waals surface area contributed by atoms with Crippen LogP contribution in [-0.4, -0.2) is 29.5 Å². The molecule has 0 aliphatic heterocycles. The normalized spacial score (nSPS) is 8.88. The van der Waals surface area contributed by atoms with Gasteiger partial charge in [-0.1, -0.05) is 36.4 Å². The lowest BCUT2D eigenvalue weighted by atomic mass is 10.3. The van der Waals surface area contributed by atoms with Gasteiger partial charge < -0.3 is 24.8 Å². The minimum absolute atomic E-state index is 0.181. The van der Waals surface area contributed by atoms with E-state index < -0.39 is 0 Å². The lowest BCUT2D eigenvalue weighted by molar-refractivity contribution is 0.373. The van der Waals surface area contributed by atoms with Crippen molar-refractivity contribution in [3.05, 3.63) is 78.9 Å². The van der Waals surface area contributed by atoms with Crippen molar-refractivity contribution in [3.63, 3.8) is 0 Å². The van der Waals surface area contributed by atoms with Gasteiger partial charge in [0.15, 0.2) is 11.5 Å². The van der Waals surface area contributed by atoms with Gasteiger partial charge in [-0.3, -0.25) is 0 Å². The minimum atomic E-state index is 0.181. The fourth-order valence-corrected chi connectivity index (χ4v) is 1.67. The highest BCUT2D eigenvalue weighted by Gasteiger charge is 1.94. The number of hydrogen-bond donors (Lipinski definition) is 3. The first-order valence-electron chi connectivity index (χ1n) is 7.45. The molecule has 0 fully saturated rings. The van der Waals surface area contributed by atoms with Crippen LogP contribution in [0.15, 0.2) is 78.9 Å². The summed E-state index contributed by atoms with van der Waals surface area (Å²) in [5.74, 6) is 1.92. The molecule has 3 aromatic rings. The number of hydrogen-bond acceptors (Lipinski definition) is 5. The number of phenols is 3. The van der Waals surface area contributed by atoms with E-state index in [0.29, 0.717) is 17.2 Å². The van der Waals surface area contributed by atoms with Crippen molar-refractivity contribution in [2.24, 2.45) is 0 Å². The van der Waals surface area contributed by atoms with Crippen molar-refractivity contribution in [1.29, 1.82) is 0 Å². The van der Waals surface area contributed by atoms with Crippen molar-refractivity contribution in [2.75, 3.05) is 14.2 Å². The summed E-state index contributed by atoms with van der Waals surface area (Å²) in [4.78, 5) is 0. The first kappa shape index (κ1) is 19.7. The molecule has 0 saturated heterocycles. The average Bonchev–Trinajstić information content (AvgIpc) is 2.64. The molecule has 0 radical (unpaired) electrons. The first-order chi connectivity index (χ1) is 12.1. The largest absolute Gasteiger partial charge is 0.508 e. The second-order valence-corrected chi connectivity index (χ2v) is 4.71. The number of para-hydroxylation sites is 3. The molecule has 0 heterocycles. The maximum Gasteiger partial charge on any atom is 0.160 e. The Morgan fingerprint density at radius 3 is 1.60 bits per heavy atom. The molecule has 0 aromatic heterocycles. The SMILES string of the molecule is COc1cccc(O)c1.COc1ccccc1O.Oc1ccccc1. The predicted octanol–water partition coefficient (Wildman–Crippen LogP) is 4.19. The minimum Gasteiger partial charge on any atom is -0.508 e. The van der Waals surface area contributed by atoms with Crippen LogP contribution in [0.5, 0.6) is 28.7 Å². The Bertz CT molecular complexity index is 729. The molecule has 3 aromatic carbocycles. The van der Waals surface area contributed by atoms with Crippen molar-refractivity contribution in [1.82, 2.24) is 0 Å². The van der Waals surface area contributed by atoms with Crippen molar-refractivity contribution in [2.45, 2.75) is 0 Å². The van der Waals surface area contributed by atoms with Gasteiger partial charge in [0.05, 0.1) is 14.2 Å². The number of methoxy groups -OCH3 is 2. The summed E-state index contributed by atoms with van der Waals surface area (Å²) in [6.45, 7) is 0. The quantitative estimate of drug-likeness (QED) is 0.651. The Balaban J connectivity index is 0.000000189. The third-order valence-electron chi connectivity index (χ3n) is 2.89. The van der Waals surface area contributed by atoms with Gasteiger partial charge >= 0.3 is 0 Å². The molecular formula is C20H22O5. The summed E-state index contributed by atoms with van der Waals surface area (Å²) < 4.78 is 9.63. The van der Waals surface area contributed by atoms with E-state index in [1.54, 1.807) is 79.9 Å². The highest BCUT2D eigenvalue weighted by molar-refractivity contribution is 5.37. The van der Waals surface area contributed by atoms with Crippen LogP contribution < -0.4 is 9.47 Å². The molecule has 5 heteroatoms. The third kappa shape index (κ3) is 8.18. The van der Waals surface area contributed by atoms with E-state index in [0.717, 1.165) is 0 Å². The summed E-state index contributed by atoms with van der Waals surface area (Å²) >= 11 is 0. The van der Waals surface area contributed by atoms with Crippen LogP contribution in [0.3, 0.4) is 0 Å². The highest BCUT2D eigenvalue weighted by Crippen LogP contribution is 2.23. The summed E-state index contributed by atoms with van der Waals surface area (Å²) in [7, 11) is 3.09. The topological polar surface area (TPSA) is 79.2 Å². The van der Waals surface area contributed by atoms with E-state index in [1.807, 2.05) is 6.07 Å². The highest BCUT2D eigenvalue weighted by atomic mass is 16.5. The maximum absolute atomic E-state index is 8.99. The smallest absolute Gasteiger partial charge is 0.160 e. The number of phenolic OH excluding ortho intramolecular Hbond substituents is 3. The molecule has 25 heavy (non-hydrogen) atoms. The lowest BCUT2D eigenvalue weighted by Gasteiger charge is -1.99. The third-order valence-corrected chi connectivity index (χ3v) is 2.89. The molecule has 0 aliphatic rings. The van der Waals surface area contributed by atoms with E-state index in [4.69, 9.17) is 24.8 Å². The van der Waals surface area contributed by atoms with Crippen molar-refractivity contribution < 1.29 is 24.8 Å². The van der Waals surface area contributed by atoms with E-state index in [2.05, 4.69) is 0 Å². The van der Waals surface area contributed by atoms with E-state index >= 15 is 0 Å². The number of benzene rings is 3. The van der Waals surface area contributed by atoms with Crippen LogP contribution in [-0.2, 0) is 0 Å². The van der Waals surface area contributed by atoms with Crippen LogP contribution >= 0.6 is 0 Å². The standard InChI is InChI=1S/2C7H8O2.C6H6O/c1-9-7-4-2-3-6(8)5-7;1-9-7-5-3-2-4-6(7)8;7-6-4-2-1-3-5-6/h2*2-5,8H,1H3;1-5,7H. The van der Waals surface area contributed by atoms with Crippen LogP contribution in [0.4, 0.5) is 0 Å². The van der Waals surface area contributed by atoms with Gasteiger partial charge in [-0.05, 0) is 36.4 Å². The molecule has 0 spiro atoms.